The van der Waals surface area contributed by atoms with E-state index in [0.29, 0.717) is 17.1 Å². The lowest BCUT2D eigenvalue weighted by Crippen LogP contribution is -2.21. The van der Waals surface area contributed by atoms with Crippen LogP contribution < -0.4 is 15.2 Å². The maximum atomic E-state index is 11.0. The molecule has 2 aromatic carbocycles. The lowest BCUT2D eigenvalue weighted by Gasteiger charge is -2.15. The minimum Gasteiger partial charge on any atom is -0.496 e. The molecule has 5 heteroatoms. The van der Waals surface area contributed by atoms with Gasteiger partial charge in [-0.3, -0.25) is 4.79 Å². The average Bonchev–Trinajstić information content (AvgIpc) is 2.44. The van der Waals surface area contributed by atoms with E-state index in [0.717, 1.165) is 10.8 Å². The van der Waals surface area contributed by atoms with Crippen LogP contribution in [0.3, 0.4) is 0 Å². The largest absolute Gasteiger partial charge is 0.496 e. The molecule has 1 unspecified atom stereocenters. The quantitative estimate of drug-likeness (QED) is 0.879. The lowest BCUT2D eigenvalue weighted by atomic mass is 10.00. The molecule has 0 saturated heterocycles. The third-order valence-corrected chi connectivity index (χ3v) is 3.03. The number of aliphatic carboxylic acids is 1. The van der Waals surface area contributed by atoms with Crippen LogP contribution in [-0.4, -0.2) is 25.3 Å². The fourth-order valence-electron chi connectivity index (χ4n) is 2.10. The zero-order valence-corrected chi connectivity index (χ0v) is 10.7. The van der Waals surface area contributed by atoms with Crippen molar-refractivity contribution in [2.24, 2.45) is 5.73 Å². The van der Waals surface area contributed by atoms with E-state index in [1.165, 1.54) is 7.11 Å². The molecule has 0 bridgehead atoms. The van der Waals surface area contributed by atoms with E-state index in [-0.39, 0.29) is 0 Å². The predicted octanol–water partition coefficient (Wildman–Crippen LogP) is 1.94. The summed E-state index contributed by atoms with van der Waals surface area (Å²) >= 11 is 0. The Morgan fingerprint density at radius 2 is 1.89 bits per heavy atom. The van der Waals surface area contributed by atoms with E-state index in [1.54, 1.807) is 19.2 Å². The number of methoxy groups -OCH3 is 2. The highest BCUT2D eigenvalue weighted by Crippen LogP contribution is 2.36. The molecule has 0 radical (unpaired) electrons. The molecule has 0 spiro atoms. The van der Waals surface area contributed by atoms with E-state index in [1.807, 2.05) is 18.2 Å². The van der Waals surface area contributed by atoms with Crippen molar-refractivity contribution >= 4 is 16.7 Å². The summed E-state index contributed by atoms with van der Waals surface area (Å²) in [5.74, 6) is 0.0677. The highest BCUT2D eigenvalue weighted by molar-refractivity contribution is 5.95. The van der Waals surface area contributed by atoms with Gasteiger partial charge in [0.05, 0.1) is 14.2 Å². The summed E-state index contributed by atoms with van der Waals surface area (Å²) < 4.78 is 10.6. The number of carbonyl (C=O) groups is 1. The molecule has 0 aliphatic carbocycles. The van der Waals surface area contributed by atoms with Crippen LogP contribution in [0, 0.1) is 0 Å². The van der Waals surface area contributed by atoms with E-state index in [9.17, 15) is 4.79 Å². The van der Waals surface area contributed by atoms with Crippen LogP contribution in [0.2, 0.25) is 0 Å². The predicted molar refractivity (Wildman–Crippen MR) is 71.6 cm³/mol. The Morgan fingerprint density at radius 3 is 2.47 bits per heavy atom. The van der Waals surface area contributed by atoms with E-state index < -0.39 is 12.0 Å². The van der Waals surface area contributed by atoms with Crippen LogP contribution in [0.4, 0.5) is 0 Å². The van der Waals surface area contributed by atoms with Gasteiger partial charge in [-0.05, 0) is 6.07 Å². The first-order valence-electron chi connectivity index (χ1n) is 5.72. The van der Waals surface area contributed by atoms with Gasteiger partial charge < -0.3 is 20.3 Å². The van der Waals surface area contributed by atoms with Crippen LogP contribution in [0.1, 0.15) is 11.6 Å². The van der Waals surface area contributed by atoms with Crippen molar-refractivity contribution in [1.82, 2.24) is 0 Å². The molecule has 0 aliphatic heterocycles. The molecule has 2 rings (SSSR count). The molecule has 100 valence electrons. The molecule has 2 aromatic rings. The van der Waals surface area contributed by atoms with Crippen molar-refractivity contribution in [1.29, 1.82) is 0 Å². The van der Waals surface area contributed by atoms with Crippen molar-refractivity contribution < 1.29 is 19.4 Å². The SMILES string of the molecule is COc1cccc2c(OC)c(C(N)C(=O)O)ccc12. The highest BCUT2D eigenvalue weighted by Gasteiger charge is 2.21. The third-order valence-electron chi connectivity index (χ3n) is 3.03. The first-order chi connectivity index (χ1) is 9.10. The molecular formula is C14H15NO4. The second-order valence-corrected chi connectivity index (χ2v) is 4.06. The Hall–Kier alpha value is -2.27. The van der Waals surface area contributed by atoms with Gasteiger partial charge in [0.1, 0.15) is 17.5 Å². The molecule has 3 N–H and O–H groups in total. The Balaban J connectivity index is 2.73. The Labute approximate surface area is 110 Å². The minimum atomic E-state index is -1.12. The van der Waals surface area contributed by atoms with Crippen molar-refractivity contribution in [3.8, 4) is 11.5 Å². The van der Waals surface area contributed by atoms with Crippen LogP contribution in [-0.2, 0) is 4.79 Å². The van der Waals surface area contributed by atoms with Gasteiger partial charge in [-0.2, -0.15) is 0 Å². The molecule has 1 atom stereocenters. The molecule has 0 aromatic heterocycles. The number of hydrogen-bond donors (Lipinski definition) is 2. The monoisotopic (exact) mass is 261 g/mol. The van der Waals surface area contributed by atoms with E-state index >= 15 is 0 Å². The molecule has 0 fully saturated rings. The van der Waals surface area contributed by atoms with Crippen LogP contribution in [0.15, 0.2) is 30.3 Å². The fourth-order valence-corrected chi connectivity index (χ4v) is 2.10. The standard InChI is InChI=1S/C14H15NO4/c1-18-11-5-3-4-9-8(11)6-7-10(13(9)19-2)12(15)14(16)17/h3-7,12H,15H2,1-2H3,(H,16,17). The molecule has 19 heavy (non-hydrogen) atoms. The first-order valence-corrected chi connectivity index (χ1v) is 5.72. The Kier molecular flexibility index (Phi) is 3.57. The molecule has 5 nitrogen and oxygen atoms in total. The van der Waals surface area contributed by atoms with Crippen LogP contribution in [0.25, 0.3) is 10.8 Å². The average molecular weight is 261 g/mol. The maximum Gasteiger partial charge on any atom is 0.325 e. The second kappa shape index (κ2) is 5.16. The van der Waals surface area contributed by atoms with Gasteiger partial charge in [-0.1, -0.05) is 24.3 Å². The third kappa shape index (κ3) is 2.20. The number of fused-ring (bicyclic) bond motifs is 1. The zero-order valence-electron chi connectivity index (χ0n) is 10.7. The number of carboxylic acid groups (broad SMARTS) is 1. The summed E-state index contributed by atoms with van der Waals surface area (Å²) in [6.45, 7) is 0. The van der Waals surface area contributed by atoms with Gasteiger partial charge in [0.25, 0.3) is 0 Å². The topological polar surface area (TPSA) is 81.8 Å². The van der Waals surface area contributed by atoms with Crippen LogP contribution >= 0.6 is 0 Å². The van der Waals surface area contributed by atoms with Crippen molar-refractivity contribution in [2.45, 2.75) is 6.04 Å². The van der Waals surface area contributed by atoms with Gasteiger partial charge in [-0.25, -0.2) is 0 Å². The van der Waals surface area contributed by atoms with Gasteiger partial charge in [0, 0.05) is 16.3 Å². The van der Waals surface area contributed by atoms with E-state index in [2.05, 4.69) is 0 Å². The fraction of sp³-hybridized carbons (Fsp3) is 0.214. The number of hydrogen-bond acceptors (Lipinski definition) is 4. The Bertz CT molecular complexity index is 624. The number of nitrogens with two attached hydrogens (primary N) is 1. The second-order valence-electron chi connectivity index (χ2n) is 4.06. The molecule has 0 amide bonds. The smallest absolute Gasteiger partial charge is 0.325 e. The first kappa shape index (κ1) is 13.2. The summed E-state index contributed by atoms with van der Waals surface area (Å²) in [5, 5.41) is 10.6. The maximum absolute atomic E-state index is 11.0. The normalized spacial score (nSPS) is 12.2. The van der Waals surface area contributed by atoms with Gasteiger partial charge in [0.2, 0.25) is 0 Å². The molecule has 0 aliphatic rings. The summed E-state index contributed by atoms with van der Waals surface area (Å²) in [6.07, 6.45) is 0. The van der Waals surface area contributed by atoms with E-state index in [4.69, 9.17) is 20.3 Å². The molecule has 0 saturated carbocycles. The summed E-state index contributed by atoms with van der Waals surface area (Å²) in [4.78, 5) is 11.0. The Morgan fingerprint density at radius 1 is 1.16 bits per heavy atom. The number of ether oxygens (including phenoxy) is 2. The minimum absolute atomic E-state index is 0.441. The number of carboxylic acids is 1. The van der Waals surface area contributed by atoms with Gasteiger partial charge in [-0.15, -0.1) is 0 Å². The summed E-state index contributed by atoms with van der Waals surface area (Å²) in [5.41, 5.74) is 6.11. The van der Waals surface area contributed by atoms with Gasteiger partial charge >= 0.3 is 5.97 Å². The lowest BCUT2D eigenvalue weighted by molar-refractivity contribution is -0.138. The summed E-state index contributed by atoms with van der Waals surface area (Å²) in [6, 6.07) is 7.82. The highest BCUT2D eigenvalue weighted by atomic mass is 16.5. The van der Waals surface area contributed by atoms with Crippen LogP contribution in [0.5, 0.6) is 11.5 Å². The number of rotatable bonds is 4. The number of benzene rings is 2. The van der Waals surface area contributed by atoms with Crippen molar-refractivity contribution in [3.63, 3.8) is 0 Å². The zero-order chi connectivity index (χ0) is 14.0. The molecule has 0 heterocycles. The molecular weight excluding hydrogens is 246 g/mol. The van der Waals surface area contributed by atoms with Crippen molar-refractivity contribution in [2.75, 3.05) is 14.2 Å². The summed E-state index contributed by atoms with van der Waals surface area (Å²) in [7, 11) is 3.07. The van der Waals surface area contributed by atoms with Gasteiger partial charge in [0.15, 0.2) is 0 Å². The van der Waals surface area contributed by atoms with Crippen molar-refractivity contribution in [3.05, 3.63) is 35.9 Å².